The molecule has 3 heteroatoms. The molecule has 0 fully saturated rings. The highest BCUT2D eigenvalue weighted by Crippen LogP contribution is 2.51. The van der Waals surface area contributed by atoms with Crippen molar-refractivity contribution in [2.45, 2.75) is 26.2 Å². The lowest BCUT2D eigenvalue weighted by atomic mass is 9.81. The molecule has 0 atom stereocenters. The van der Waals surface area contributed by atoms with Gasteiger partial charge in [-0.2, -0.15) is 0 Å². The summed E-state index contributed by atoms with van der Waals surface area (Å²) in [7, 11) is 0. The van der Waals surface area contributed by atoms with Crippen molar-refractivity contribution in [1.29, 1.82) is 0 Å². The van der Waals surface area contributed by atoms with Gasteiger partial charge in [0.25, 0.3) is 0 Å². The number of anilines is 9. The summed E-state index contributed by atoms with van der Waals surface area (Å²) >= 11 is 0. The van der Waals surface area contributed by atoms with Crippen molar-refractivity contribution in [3.63, 3.8) is 0 Å². The Morgan fingerprint density at radius 3 is 1.05 bits per heavy atom. The Kier molecular flexibility index (Phi) is 9.78. The summed E-state index contributed by atoms with van der Waals surface area (Å²) in [5, 5.41) is 0. The number of hydrogen-bond donors (Lipinski definition) is 0. The molecule has 0 aliphatic heterocycles. The van der Waals surface area contributed by atoms with Gasteiger partial charge in [0.1, 0.15) is 0 Å². The van der Waals surface area contributed by atoms with Crippen LogP contribution in [0.4, 0.5) is 51.2 Å². The maximum Gasteiger partial charge on any atom is 0.0503 e. The molecule has 0 amide bonds. The first-order valence-electron chi connectivity index (χ1n) is 21.1. The van der Waals surface area contributed by atoms with Crippen molar-refractivity contribution >= 4 is 51.2 Å². The normalized spacial score (nSPS) is 12.3. The minimum Gasteiger partial charge on any atom is -0.310 e. The van der Waals surface area contributed by atoms with Gasteiger partial charge in [0.2, 0.25) is 0 Å². The zero-order valence-corrected chi connectivity index (χ0v) is 34.8. The van der Waals surface area contributed by atoms with E-state index in [0.29, 0.717) is 0 Å². The number of rotatable bonds is 10. The van der Waals surface area contributed by atoms with E-state index in [2.05, 4.69) is 266 Å². The molecule has 1 aliphatic carbocycles. The molecule has 0 saturated heterocycles. The molecule has 9 aromatic carbocycles. The van der Waals surface area contributed by atoms with E-state index in [0.717, 1.165) is 51.2 Å². The first-order chi connectivity index (χ1) is 29.9. The fraction of sp³-hybridized carbons (Fsp3) is 0.0690. The summed E-state index contributed by atoms with van der Waals surface area (Å²) in [6.45, 7) is 6.95. The predicted molar refractivity (Wildman–Crippen MR) is 258 cm³/mol. The quantitative estimate of drug-likeness (QED) is 0.137. The molecule has 10 rings (SSSR count). The molecule has 0 heterocycles. The minimum atomic E-state index is -0.0692. The largest absolute Gasteiger partial charge is 0.310 e. The van der Waals surface area contributed by atoms with E-state index in [4.69, 9.17) is 0 Å². The van der Waals surface area contributed by atoms with Crippen molar-refractivity contribution in [3.05, 3.63) is 247 Å². The lowest BCUT2D eigenvalue weighted by Gasteiger charge is -2.33. The average molecular weight is 786 g/mol. The lowest BCUT2D eigenvalue weighted by molar-refractivity contribution is 0.660. The molecular formula is C58H47N3. The Bertz CT molecular complexity index is 2750. The van der Waals surface area contributed by atoms with Gasteiger partial charge in [0.05, 0.1) is 17.1 Å². The topological polar surface area (TPSA) is 9.72 Å². The lowest BCUT2D eigenvalue weighted by Crippen LogP contribution is -2.16. The van der Waals surface area contributed by atoms with Crippen LogP contribution in [0.5, 0.6) is 0 Å². The van der Waals surface area contributed by atoms with Gasteiger partial charge in [-0.1, -0.05) is 147 Å². The van der Waals surface area contributed by atoms with Crippen LogP contribution in [0.25, 0.3) is 22.3 Å². The summed E-state index contributed by atoms with van der Waals surface area (Å²) in [4.78, 5) is 7.08. The minimum absolute atomic E-state index is 0.0692. The first-order valence-corrected chi connectivity index (χ1v) is 21.1. The molecule has 0 aromatic heterocycles. The molecule has 3 nitrogen and oxygen atoms in total. The van der Waals surface area contributed by atoms with Crippen LogP contribution >= 0.6 is 0 Å². The second-order valence-corrected chi connectivity index (χ2v) is 16.3. The zero-order valence-electron chi connectivity index (χ0n) is 34.8. The van der Waals surface area contributed by atoms with Crippen molar-refractivity contribution in [2.75, 3.05) is 14.7 Å². The summed E-state index contributed by atoms with van der Waals surface area (Å²) in [5.41, 5.74) is 18.8. The van der Waals surface area contributed by atoms with E-state index in [1.54, 1.807) is 0 Å². The monoisotopic (exact) mass is 785 g/mol. The number of nitrogens with zero attached hydrogens (tertiary/aromatic N) is 3. The Labute approximate surface area is 360 Å². The van der Waals surface area contributed by atoms with Gasteiger partial charge >= 0.3 is 0 Å². The van der Waals surface area contributed by atoms with Crippen LogP contribution in [0.2, 0.25) is 0 Å². The van der Waals surface area contributed by atoms with Gasteiger partial charge in [0.15, 0.2) is 0 Å². The van der Waals surface area contributed by atoms with Crippen LogP contribution in [0, 0.1) is 6.92 Å². The van der Waals surface area contributed by atoms with Gasteiger partial charge in [0, 0.05) is 39.5 Å². The van der Waals surface area contributed by atoms with Crippen LogP contribution in [-0.4, -0.2) is 0 Å². The molecule has 0 unspecified atom stereocenters. The first kappa shape index (κ1) is 37.6. The van der Waals surface area contributed by atoms with E-state index < -0.39 is 0 Å². The van der Waals surface area contributed by atoms with Crippen molar-refractivity contribution < 1.29 is 0 Å². The highest BCUT2D eigenvalue weighted by molar-refractivity contribution is 5.90. The Balaban J connectivity index is 1.15. The fourth-order valence-corrected chi connectivity index (χ4v) is 9.15. The highest BCUT2D eigenvalue weighted by Gasteiger charge is 2.36. The third-order valence-corrected chi connectivity index (χ3v) is 12.1. The number of fused-ring (bicyclic) bond motifs is 3. The molecule has 9 aromatic rings. The van der Waals surface area contributed by atoms with Gasteiger partial charge in [-0.15, -0.1) is 0 Å². The molecule has 0 radical (unpaired) electrons. The predicted octanol–water partition coefficient (Wildman–Crippen LogP) is 16.4. The molecule has 1 aliphatic rings. The Morgan fingerprint density at radius 2 is 0.656 bits per heavy atom. The number of benzene rings is 9. The van der Waals surface area contributed by atoms with E-state index in [1.165, 1.54) is 38.9 Å². The number of para-hydroxylation sites is 5. The molecule has 0 spiro atoms. The number of aryl methyl sites for hydroxylation is 1. The van der Waals surface area contributed by atoms with Crippen molar-refractivity contribution in [1.82, 2.24) is 0 Å². The Hall–Kier alpha value is -7.62. The second-order valence-electron chi connectivity index (χ2n) is 16.3. The summed E-state index contributed by atoms with van der Waals surface area (Å²) in [6.07, 6.45) is 0. The van der Waals surface area contributed by atoms with Crippen LogP contribution in [0.3, 0.4) is 0 Å². The highest BCUT2D eigenvalue weighted by atomic mass is 15.2. The molecule has 294 valence electrons. The van der Waals surface area contributed by atoms with Crippen molar-refractivity contribution in [2.24, 2.45) is 0 Å². The zero-order chi connectivity index (χ0) is 41.3. The Morgan fingerprint density at radius 1 is 0.295 bits per heavy atom. The molecule has 61 heavy (non-hydrogen) atoms. The molecular weight excluding hydrogens is 739 g/mol. The summed E-state index contributed by atoms with van der Waals surface area (Å²) in [6, 6.07) is 83.1. The SMILES string of the molecule is Cc1cccc2c1-c1ccc(-c3ccc(N(c4ccccc4)c4cc(N(c5ccccc5)c5ccccc5)cc(N(c5ccccc5)c5ccccc5)c4)cc3)cc1C2(C)C. The second kappa shape index (κ2) is 15.9. The van der Waals surface area contributed by atoms with E-state index in [1.807, 2.05) is 0 Å². The van der Waals surface area contributed by atoms with Crippen LogP contribution in [-0.2, 0) is 5.41 Å². The summed E-state index contributed by atoms with van der Waals surface area (Å²) < 4.78 is 0. The molecule has 0 N–H and O–H groups in total. The van der Waals surface area contributed by atoms with E-state index in [-0.39, 0.29) is 5.41 Å². The van der Waals surface area contributed by atoms with E-state index in [9.17, 15) is 0 Å². The smallest absolute Gasteiger partial charge is 0.0503 e. The fourth-order valence-electron chi connectivity index (χ4n) is 9.15. The van der Waals surface area contributed by atoms with Gasteiger partial charge in [-0.3, -0.25) is 0 Å². The van der Waals surface area contributed by atoms with E-state index >= 15 is 0 Å². The molecule has 0 saturated carbocycles. The van der Waals surface area contributed by atoms with Gasteiger partial charge in [-0.25, -0.2) is 0 Å². The third-order valence-electron chi connectivity index (χ3n) is 12.1. The van der Waals surface area contributed by atoms with Gasteiger partial charge < -0.3 is 14.7 Å². The maximum atomic E-state index is 2.41. The summed E-state index contributed by atoms with van der Waals surface area (Å²) in [5.74, 6) is 0. The number of hydrogen-bond acceptors (Lipinski definition) is 3. The molecule has 0 bridgehead atoms. The standard InChI is InChI=1S/C58H47N3/c1-42-20-19-31-55-57(42)54-37-34-44(38-56(54)58(55,2)3)43-32-35-50(36-33-43)61(49-29-17-8-18-30-49)53-40-51(59(45-21-9-4-10-22-45)46-23-11-5-12-24-46)39-52(41-53)60(47-25-13-6-14-26-47)48-27-15-7-16-28-48/h4-41H,1-3H3. The average Bonchev–Trinajstić information content (AvgIpc) is 3.54. The van der Waals surface area contributed by atoms with Crippen molar-refractivity contribution in [3.8, 4) is 22.3 Å². The van der Waals surface area contributed by atoms with Crippen LogP contribution < -0.4 is 14.7 Å². The van der Waals surface area contributed by atoms with Crippen LogP contribution in [0.15, 0.2) is 231 Å². The van der Waals surface area contributed by atoms with Gasteiger partial charge in [-0.05, 0) is 143 Å². The maximum absolute atomic E-state index is 2.41. The van der Waals surface area contributed by atoms with Crippen LogP contribution in [0.1, 0.15) is 30.5 Å². The third kappa shape index (κ3) is 7.04.